The van der Waals surface area contributed by atoms with E-state index in [-0.39, 0.29) is 18.4 Å². The van der Waals surface area contributed by atoms with E-state index in [1.54, 1.807) is 10.9 Å². The standard InChI is InChI=1S/C16H22N6O3S/c1-2-11(12-8-22(21-19-12)6-3-4-14(23)24)17-16(25)15-10-5-7-26-9-13(10)18-20-15/h8,11H,2-7,9H2,1H3,(H,17,25)(H,18,20)(H,23,24). The molecule has 0 aliphatic carbocycles. The van der Waals surface area contributed by atoms with E-state index in [9.17, 15) is 9.59 Å². The number of nitrogens with one attached hydrogen (secondary N) is 2. The minimum absolute atomic E-state index is 0.0890. The Labute approximate surface area is 154 Å². The summed E-state index contributed by atoms with van der Waals surface area (Å²) < 4.78 is 1.61. The molecule has 0 fully saturated rings. The number of carboxylic acids is 1. The number of thioether (sulfide) groups is 1. The summed E-state index contributed by atoms with van der Waals surface area (Å²) in [6.45, 7) is 2.44. The zero-order valence-electron chi connectivity index (χ0n) is 14.6. The molecular formula is C16H22N6O3S. The lowest BCUT2D eigenvalue weighted by Gasteiger charge is -2.15. The lowest BCUT2D eigenvalue weighted by molar-refractivity contribution is -0.137. The molecule has 0 radical (unpaired) electrons. The molecule has 10 heteroatoms. The number of aromatic amines is 1. The van der Waals surface area contributed by atoms with Crippen LogP contribution in [0.25, 0.3) is 0 Å². The number of amides is 1. The zero-order valence-corrected chi connectivity index (χ0v) is 15.4. The number of fused-ring (bicyclic) bond motifs is 1. The number of hydrogen-bond donors (Lipinski definition) is 3. The minimum atomic E-state index is -0.829. The second-order valence-corrected chi connectivity index (χ2v) is 7.28. The third-order valence-electron chi connectivity index (χ3n) is 4.32. The molecule has 0 spiro atoms. The third-order valence-corrected chi connectivity index (χ3v) is 5.30. The summed E-state index contributed by atoms with van der Waals surface area (Å²) in [4.78, 5) is 23.2. The van der Waals surface area contributed by atoms with Gasteiger partial charge in [0, 0.05) is 30.0 Å². The second-order valence-electron chi connectivity index (χ2n) is 6.17. The fourth-order valence-corrected chi connectivity index (χ4v) is 3.85. The van der Waals surface area contributed by atoms with Crippen LogP contribution in [0, 0.1) is 0 Å². The second kappa shape index (κ2) is 8.35. The monoisotopic (exact) mass is 378 g/mol. The Balaban J connectivity index is 1.64. The van der Waals surface area contributed by atoms with E-state index < -0.39 is 5.97 Å². The molecule has 0 bridgehead atoms. The quantitative estimate of drug-likeness (QED) is 0.636. The molecule has 1 aliphatic heterocycles. The number of aliphatic carboxylic acids is 1. The highest BCUT2D eigenvalue weighted by atomic mass is 32.2. The van der Waals surface area contributed by atoms with Gasteiger partial charge in [0.05, 0.1) is 12.2 Å². The van der Waals surface area contributed by atoms with Crippen LogP contribution in [0.15, 0.2) is 6.20 Å². The van der Waals surface area contributed by atoms with Gasteiger partial charge in [-0.05, 0) is 25.0 Å². The summed E-state index contributed by atoms with van der Waals surface area (Å²) in [6.07, 6.45) is 3.84. The van der Waals surface area contributed by atoms with Gasteiger partial charge in [-0.25, -0.2) is 0 Å². The molecule has 9 nitrogen and oxygen atoms in total. The molecule has 1 amide bonds. The highest BCUT2D eigenvalue weighted by Crippen LogP contribution is 2.25. The molecule has 2 aromatic heterocycles. The SMILES string of the molecule is CCC(NC(=O)c1n[nH]c2c1CCSC2)c1cn(CCCC(=O)O)nn1. The van der Waals surface area contributed by atoms with Gasteiger partial charge < -0.3 is 10.4 Å². The first-order valence-electron chi connectivity index (χ1n) is 8.65. The van der Waals surface area contributed by atoms with Crippen LogP contribution in [-0.2, 0) is 23.5 Å². The number of aromatic nitrogens is 5. The highest BCUT2D eigenvalue weighted by molar-refractivity contribution is 7.98. The van der Waals surface area contributed by atoms with Crippen molar-refractivity contribution in [1.29, 1.82) is 0 Å². The van der Waals surface area contributed by atoms with Crippen molar-refractivity contribution < 1.29 is 14.7 Å². The summed E-state index contributed by atoms with van der Waals surface area (Å²) in [7, 11) is 0. The Bertz CT molecular complexity index is 787. The Morgan fingerprint density at radius 2 is 2.35 bits per heavy atom. The number of carboxylic acid groups (broad SMARTS) is 1. The van der Waals surface area contributed by atoms with Gasteiger partial charge in [0.2, 0.25) is 0 Å². The van der Waals surface area contributed by atoms with Crippen LogP contribution in [0.3, 0.4) is 0 Å². The molecule has 26 heavy (non-hydrogen) atoms. The lowest BCUT2D eigenvalue weighted by atomic mass is 10.1. The van der Waals surface area contributed by atoms with Gasteiger partial charge in [0.15, 0.2) is 5.69 Å². The van der Waals surface area contributed by atoms with Gasteiger partial charge in [-0.2, -0.15) is 16.9 Å². The molecule has 3 rings (SSSR count). The maximum absolute atomic E-state index is 12.7. The Morgan fingerprint density at radius 3 is 3.12 bits per heavy atom. The van der Waals surface area contributed by atoms with Crippen molar-refractivity contribution in [2.24, 2.45) is 0 Å². The molecule has 140 valence electrons. The maximum atomic E-state index is 12.7. The predicted molar refractivity (Wildman–Crippen MR) is 95.8 cm³/mol. The predicted octanol–water partition coefficient (Wildman–Crippen LogP) is 1.54. The number of H-pyrrole nitrogens is 1. The van der Waals surface area contributed by atoms with E-state index in [4.69, 9.17) is 5.11 Å². The number of hydrogen-bond acceptors (Lipinski definition) is 6. The fraction of sp³-hybridized carbons (Fsp3) is 0.562. The zero-order chi connectivity index (χ0) is 18.5. The summed E-state index contributed by atoms with van der Waals surface area (Å²) in [6, 6.07) is -0.263. The van der Waals surface area contributed by atoms with Crippen molar-refractivity contribution in [2.75, 3.05) is 5.75 Å². The molecule has 3 N–H and O–H groups in total. The molecule has 3 heterocycles. The summed E-state index contributed by atoms with van der Waals surface area (Å²) in [5.74, 6) is 0.818. The molecule has 1 atom stereocenters. The van der Waals surface area contributed by atoms with E-state index in [0.717, 1.165) is 29.2 Å². The van der Waals surface area contributed by atoms with Gasteiger partial charge in [0.25, 0.3) is 5.91 Å². The number of aryl methyl sites for hydroxylation is 1. The van der Waals surface area contributed by atoms with E-state index in [1.165, 1.54) is 0 Å². The van der Waals surface area contributed by atoms with Gasteiger partial charge in [-0.1, -0.05) is 12.1 Å². The molecule has 0 aromatic carbocycles. The first-order chi connectivity index (χ1) is 12.6. The Hall–Kier alpha value is -2.36. The maximum Gasteiger partial charge on any atom is 0.303 e. The van der Waals surface area contributed by atoms with Crippen molar-refractivity contribution in [3.63, 3.8) is 0 Å². The molecule has 1 unspecified atom stereocenters. The van der Waals surface area contributed by atoms with Gasteiger partial charge in [0.1, 0.15) is 5.69 Å². The molecular weight excluding hydrogens is 356 g/mol. The largest absolute Gasteiger partial charge is 0.481 e. The van der Waals surface area contributed by atoms with Crippen LogP contribution >= 0.6 is 11.8 Å². The van der Waals surface area contributed by atoms with E-state index >= 15 is 0 Å². The molecule has 2 aromatic rings. The van der Waals surface area contributed by atoms with Crippen LogP contribution in [0.2, 0.25) is 0 Å². The van der Waals surface area contributed by atoms with Crippen LogP contribution in [0.5, 0.6) is 0 Å². The van der Waals surface area contributed by atoms with Crippen molar-refractivity contribution in [1.82, 2.24) is 30.5 Å². The topological polar surface area (TPSA) is 126 Å². The number of nitrogens with zero attached hydrogens (tertiary/aromatic N) is 4. The average molecular weight is 378 g/mol. The van der Waals surface area contributed by atoms with Gasteiger partial charge in [-0.3, -0.25) is 19.4 Å². The molecule has 1 aliphatic rings. The molecule has 0 saturated carbocycles. The van der Waals surface area contributed by atoms with Crippen molar-refractivity contribution >= 4 is 23.6 Å². The highest BCUT2D eigenvalue weighted by Gasteiger charge is 2.24. The van der Waals surface area contributed by atoms with E-state index in [0.29, 0.717) is 30.8 Å². The van der Waals surface area contributed by atoms with Crippen molar-refractivity contribution in [2.45, 2.75) is 50.9 Å². The Kier molecular flexibility index (Phi) is 5.92. The third kappa shape index (κ3) is 4.24. The summed E-state index contributed by atoms with van der Waals surface area (Å²) in [5.41, 5.74) is 3.17. The summed E-state index contributed by atoms with van der Waals surface area (Å²) in [5, 5.41) is 27.0. The Morgan fingerprint density at radius 1 is 1.50 bits per heavy atom. The average Bonchev–Trinajstić information content (AvgIpc) is 3.26. The van der Waals surface area contributed by atoms with Gasteiger partial charge in [-0.15, -0.1) is 5.10 Å². The summed E-state index contributed by atoms with van der Waals surface area (Å²) >= 11 is 1.83. The number of carbonyl (C=O) groups is 2. The van der Waals surface area contributed by atoms with Crippen LogP contribution in [0.1, 0.15) is 59.7 Å². The van der Waals surface area contributed by atoms with Crippen LogP contribution in [0.4, 0.5) is 0 Å². The van der Waals surface area contributed by atoms with Crippen molar-refractivity contribution in [3.8, 4) is 0 Å². The number of rotatable bonds is 8. The number of carbonyl (C=O) groups excluding carboxylic acids is 1. The van der Waals surface area contributed by atoms with Crippen LogP contribution in [-0.4, -0.2) is 47.9 Å². The van der Waals surface area contributed by atoms with Crippen LogP contribution < -0.4 is 5.32 Å². The normalized spacial score (nSPS) is 14.7. The molecule has 0 saturated heterocycles. The van der Waals surface area contributed by atoms with Gasteiger partial charge >= 0.3 is 5.97 Å². The smallest absolute Gasteiger partial charge is 0.303 e. The first kappa shape index (κ1) is 18.4. The van der Waals surface area contributed by atoms with Crippen molar-refractivity contribution in [3.05, 3.63) is 28.8 Å². The van der Waals surface area contributed by atoms with E-state index in [1.807, 2.05) is 18.7 Å². The first-order valence-corrected chi connectivity index (χ1v) is 9.80. The fourth-order valence-electron chi connectivity index (χ4n) is 2.91. The van der Waals surface area contributed by atoms with E-state index in [2.05, 4.69) is 25.8 Å². The lowest BCUT2D eigenvalue weighted by Crippen LogP contribution is -2.29. The minimum Gasteiger partial charge on any atom is -0.481 e.